The lowest BCUT2D eigenvalue weighted by atomic mass is 9.84. The van der Waals surface area contributed by atoms with Crippen molar-refractivity contribution in [2.75, 3.05) is 31.6 Å². The van der Waals surface area contributed by atoms with E-state index in [4.69, 9.17) is 0 Å². The normalized spacial score (nSPS) is 33.8. The second-order valence-corrected chi connectivity index (χ2v) is 6.88. The first-order chi connectivity index (χ1) is 8.21. The highest BCUT2D eigenvalue weighted by Crippen LogP contribution is 2.39. The van der Waals surface area contributed by atoms with Crippen LogP contribution < -0.4 is 0 Å². The molecule has 96 valence electrons. The molecule has 1 unspecified atom stereocenters. The number of hydrogen-bond acceptors (Lipinski definition) is 3. The summed E-state index contributed by atoms with van der Waals surface area (Å²) in [5, 5.41) is 0. The molecule has 0 aromatic heterocycles. The maximum Gasteiger partial charge on any atom is 0.222 e. The number of piperidine rings is 1. The van der Waals surface area contributed by atoms with E-state index in [0.717, 1.165) is 18.9 Å². The van der Waals surface area contributed by atoms with Gasteiger partial charge < -0.3 is 4.90 Å². The predicted octanol–water partition coefficient (Wildman–Crippen LogP) is 1.58. The Balaban J connectivity index is 1.62. The quantitative estimate of drug-likeness (QED) is 0.710. The highest BCUT2D eigenvalue weighted by molar-refractivity contribution is 7.99. The minimum absolute atomic E-state index is 0.222. The smallest absolute Gasteiger partial charge is 0.222 e. The summed E-state index contributed by atoms with van der Waals surface area (Å²) in [6.45, 7) is 2.39. The molecule has 0 aromatic rings. The van der Waals surface area contributed by atoms with Gasteiger partial charge in [-0.15, -0.1) is 0 Å². The van der Waals surface area contributed by atoms with Crippen LogP contribution in [0.25, 0.3) is 0 Å². The highest BCUT2D eigenvalue weighted by atomic mass is 32.2. The Bertz CT molecular complexity index is 307. The van der Waals surface area contributed by atoms with Crippen molar-refractivity contribution < 1.29 is 4.79 Å². The van der Waals surface area contributed by atoms with Gasteiger partial charge in [0.25, 0.3) is 0 Å². The second kappa shape index (κ2) is 4.47. The lowest BCUT2D eigenvalue weighted by molar-refractivity contribution is -0.130. The Hall–Kier alpha value is -0.220. The van der Waals surface area contributed by atoms with Crippen LogP contribution in [0.4, 0.5) is 0 Å². The van der Waals surface area contributed by atoms with Crippen LogP contribution in [0, 0.1) is 0 Å². The molecule has 0 N–H and O–H groups in total. The fourth-order valence-corrected chi connectivity index (χ4v) is 4.90. The van der Waals surface area contributed by atoms with E-state index in [2.05, 4.69) is 16.7 Å². The standard InChI is InChI=1S/C13H22N2OS/c1-14-12(16)2-4-13(14)5-7-15(8-6-13)11-3-9-17-10-11/h11H,2-10H2,1H3. The summed E-state index contributed by atoms with van der Waals surface area (Å²) in [5.41, 5.74) is 0.222. The first kappa shape index (κ1) is 11.8. The molecule has 0 radical (unpaired) electrons. The number of carbonyl (C=O) groups is 1. The van der Waals surface area contributed by atoms with E-state index in [1.54, 1.807) is 0 Å². The van der Waals surface area contributed by atoms with Gasteiger partial charge in [-0.1, -0.05) is 0 Å². The van der Waals surface area contributed by atoms with Crippen LogP contribution in [0.2, 0.25) is 0 Å². The van der Waals surface area contributed by atoms with Gasteiger partial charge in [0.2, 0.25) is 5.91 Å². The molecule has 3 rings (SSSR count). The van der Waals surface area contributed by atoms with E-state index in [1.165, 1.54) is 43.9 Å². The summed E-state index contributed by atoms with van der Waals surface area (Å²) in [4.78, 5) is 16.4. The van der Waals surface area contributed by atoms with Crippen molar-refractivity contribution in [2.45, 2.75) is 43.7 Å². The van der Waals surface area contributed by atoms with Gasteiger partial charge in [-0.2, -0.15) is 11.8 Å². The molecule has 3 heterocycles. The first-order valence-corrected chi connectivity index (χ1v) is 7.95. The summed E-state index contributed by atoms with van der Waals surface area (Å²) in [6, 6.07) is 0.819. The monoisotopic (exact) mass is 254 g/mol. The second-order valence-electron chi connectivity index (χ2n) is 5.73. The van der Waals surface area contributed by atoms with Gasteiger partial charge in [-0.25, -0.2) is 0 Å². The maximum absolute atomic E-state index is 11.7. The lowest BCUT2D eigenvalue weighted by Gasteiger charge is -2.45. The fraction of sp³-hybridized carbons (Fsp3) is 0.923. The summed E-state index contributed by atoms with van der Waals surface area (Å²) in [6.07, 6.45) is 5.62. The van der Waals surface area contributed by atoms with Gasteiger partial charge in [-0.05, 0) is 31.4 Å². The van der Waals surface area contributed by atoms with Crippen LogP contribution in [0.5, 0.6) is 0 Å². The van der Waals surface area contributed by atoms with Crippen molar-refractivity contribution in [1.29, 1.82) is 0 Å². The number of rotatable bonds is 1. The van der Waals surface area contributed by atoms with E-state index < -0.39 is 0 Å². The predicted molar refractivity (Wildman–Crippen MR) is 71.3 cm³/mol. The number of likely N-dealkylation sites (tertiary alicyclic amines) is 2. The average Bonchev–Trinajstić information content (AvgIpc) is 2.96. The van der Waals surface area contributed by atoms with Crippen molar-refractivity contribution in [2.24, 2.45) is 0 Å². The van der Waals surface area contributed by atoms with Crippen molar-refractivity contribution >= 4 is 17.7 Å². The van der Waals surface area contributed by atoms with Gasteiger partial charge >= 0.3 is 0 Å². The van der Waals surface area contributed by atoms with Gasteiger partial charge in [0.1, 0.15) is 0 Å². The molecule has 3 aliphatic rings. The number of thioether (sulfide) groups is 1. The zero-order chi connectivity index (χ0) is 11.9. The van der Waals surface area contributed by atoms with Crippen molar-refractivity contribution in [1.82, 2.24) is 9.80 Å². The molecule has 1 spiro atoms. The third kappa shape index (κ3) is 1.99. The largest absolute Gasteiger partial charge is 0.340 e. The van der Waals surface area contributed by atoms with Crippen LogP contribution in [-0.2, 0) is 4.79 Å². The minimum Gasteiger partial charge on any atom is -0.340 e. The molecular formula is C13H22N2OS. The summed E-state index contributed by atoms with van der Waals surface area (Å²) in [5.74, 6) is 3.02. The fourth-order valence-electron chi connectivity index (χ4n) is 3.64. The molecule has 0 saturated carbocycles. The molecule has 1 amide bonds. The Kier molecular flexibility index (Phi) is 3.11. The number of amides is 1. The Morgan fingerprint density at radius 1 is 1.29 bits per heavy atom. The number of carbonyl (C=O) groups excluding carboxylic acids is 1. The van der Waals surface area contributed by atoms with Crippen LogP contribution in [0.15, 0.2) is 0 Å². The molecule has 4 heteroatoms. The van der Waals surface area contributed by atoms with Crippen LogP contribution in [0.1, 0.15) is 32.1 Å². The molecule has 0 bridgehead atoms. The number of hydrogen-bond donors (Lipinski definition) is 0. The topological polar surface area (TPSA) is 23.6 Å². The highest BCUT2D eigenvalue weighted by Gasteiger charge is 2.45. The van der Waals surface area contributed by atoms with Crippen LogP contribution in [0.3, 0.4) is 0 Å². The van der Waals surface area contributed by atoms with Crippen LogP contribution >= 0.6 is 11.8 Å². The molecule has 17 heavy (non-hydrogen) atoms. The first-order valence-electron chi connectivity index (χ1n) is 6.80. The van der Waals surface area contributed by atoms with Gasteiger partial charge in [0.15, 0.2) is 0 Å². The van der Waals surface area contributed by atoms with E-state index >= 15 is 0 Å². The van der Waals surface area contributed by atoms with E-state index in [1.807, 2.05) is 11.9 Å². The molecule has 3 fully saturated rings. The third-order valence-corrected chi connectivity index (χ3v) is 6.19. The SMILES string of the molecule is CN1C(=O)CCC12CCN(C1CCSC1)CC2. The van der Waals surface area contributed by atoms with Gasteiger partial charge in [-0.3, -0.25) is 9.69 Å². The average molecular weight is 254 g/mol. The van der Waals surface area contributed by atoms with Gasteiger partial charge in [0, 0.05) is 43.9 Å². The molecule has 3 nitrogen and oxygen atoms in total. The zero-order valence-electron chi connectivity index (χ0n) is 10.7. The lowest BCUT2D eigenvalue weighted by Crippen LogP contribution is -2.53. The summed E-state index contributed by atoms with van der Waals surface area (Å²) in [7, 11) is 2.01. The van der Waals surface area contributed by atoms with Crippen molar-refractivity contribution in [3.05, 3.63) is 0 Å². The van der Waals surface area contributed by atoms with E-state index in [0.29, 0.717) is 5.91 Å². The Morgan fingerprint density at radius 3 is 2.59 bits per heavy atom. The van der Waals surface area contributed by atoms with Crippen molar-refractivity contribution in [3.63, 3.8) is 0 Å². The molecule has 1 atom stereocenters. The minimum atomic E-state index is 0.222. The van der Waals surface area contributed by atoms with Crippen molar-refractivity contribution in [3.8, 4) is 0 Å². The van der Waals surface area contributed by atoms with Gasteiger partial charge in [0.05, 0.1) is 0 Å². The van der Waals surface area contributed by atoms with Crippen LogP contribution in [-0.4, -0.2) is 58.9 Å². The molecule has 3 saturated heterocycles. The Morgan fingerprint density at radius 2 is 2.06 bits per heavy atom. The molecule has 3 aliphatic heterocycles. The Labute approximate surface area is 108 Å². The summed E-state index contributed by atoms with van der Waals surface area (Å²) >= 11 is 2.09. The zero-order valence-corrected chi connectivity index (χ0v) is 11.5. The van der Waals surface area contributed by atoms with E-state index in [-0.39, 0.29) is 5.54 Å². The number of nitrogens with zero attached hydrogens (tertiary/aromatic N) is 2. The maximum atomic E-state index is 11.7. The van der Waals surface area contributed by atoms with E-state index in [9.17, 15) is 4.79 Å². The molecular weight excluding hydrogens is 232 g/mol. The summed E-state index contributed by atoms with van der Waals surface area (Å²) < 4.78 is 0. The molecule has 0 aromatic carbocycles. The molecule has 0 aliphatic carbocycles. The third-order valence-electron chi connectivity index (χ3n) is 5.04.